The number of amides is 1. The fraction of sp³-hybridized carbons (Fsp3) is 0.136. The van der Waals surface area contributed by atoms with E-state index in [-0.39, 0.29) is 18.3 Å². The highest BCUT2D eigenvalue weighted by Gasteiger charge is 2.23. The van der Waals surface area contributed by atoms with Gasteiger partial charge < -0.3 is 9.47 Å². The predicted molar refractivity (Wildman–Crippen MR) is 112 cm³/mol. The molecule has 0 saturated heterocycles. The lowest BCUT2D eigenvalue weighted by molar-refractivity contribution is -0.115. The third-order valence-electron chi connectivity index (χ3n) is 4.48. The summed E-state index contributed by atoms with van der Waals surface area (Å²) in [5.41, 5.74) is 2.37. The third-order valence-corrected chi connectivity index (χ3v) is 5.32. The molecule has 2 aromatic carbocycles. The number of ether oxygens (including phenoxy) is 2. The maximum Gasteiger partial charge on any atom is 0.230 e. The number of nitrogens with zero attached hydrogens (tertiary/aromatic N) is 2. The van der Waals surface area contributed by atoms with Gasteiger partial charge in [0, 0.05) is 17.9 Å². The van der Waals surface area contributed by atoms with Gasteiger partial charge in [0.2, 0.25) is 5.91 Å². The van der Waals surface area contributed by atoms with Gasteiger partial charge in [-0.1, -0.05) is 12.1 Å². The van der Waals surface area contributed by atoms with Gasteiger partial charge in [-0.2, -0.15) is 0 Å². The number of carbonyl (C=O) groups is 2. The Hall–Kier alpha value is -3.45. The Morgan fingerprint density at radius 1 is 1.21 bits per heavy atom. The zero-order chi connectivity index (χ0) is 20.4. The zero-order valence-corrected chi connectivity index (χ0v) is 16.7. The monoisotopic (exact) mass is 406 g/mol. The Kier molecular flexibility index (Phi) is 5.14. The Bertz CT molecular complexity index is 1100. The number of rotatable bonds is 4. The van der Waals surface area contributed by atoms with Gasteiger partial charge in [0.05, 0.1) is 24.1 Å². The van der Waals surface area contributed by atoms with Crippen molar-refractivity contribution >= 4 is 39.9 Å². The standard InChI is InChI=1S/C22H18N2O4S/c1-14(25)24(17-7-9-18(27-2)10-8-17)22-23-16(13-29-22)11-15-12-28-20-6-4-3-5-19(20)21(15)26/h3-11,13H,12H2,1-2H3. The highest BCUT2D eigenvalue weighted by Crippen LogP contribution is 2.32. The van der Waals surface area contributed by atoms with E-state index >= 15 is 0 Å². The first-order valence-corrected chi connectivity index (χ1v) is 9.82. The number of aromatic nitrogens is 1. The molecule has 0 spiro atoms. The fourth-order valence-electron chi connectivity index (χ4n) is 3.06. The van der Waals surface area contributed by atoms with Crippen LogP contribution in [-0.2, 0) is 4.79 Å². The first kappa shape index (κ1) is 18.9. The van der Waals surface area contributed by atoms with Crippen LogP contribution >= 0.6 is 11.3 Å². The molecule has 0 saturated carbocycles. The number of thiazole rings is 1. The second kappa shape index (κ2) is 7.89. The van der Waals surface area contributed by atoms with Crippen molar-refractivity contribution in [1.82, 2.24) is 4.98 Å². The van der Waals surface area contributed by atoms with E-state index in [9.17, 15) is 9.59 Å². The van der Waals surface area contributed by atoms with Gasteiger partial charge >= 0.3 is 0 Å². The molecule has 29 heavy (non-hydrogen) atoms. The molecule has 3 aromatic rings. The predicted octanol–water partition coefficient (Wildman–Crippen LogP) is 4.50. The number of anilines is 2. The van der Waals surface area contributed by atoms with Crippen molar-refractivity contribution in [2.45, 2.75) is 6.92 Å². The normalized spacial score (nSPS) is 14.3. The van der Waals surface area contributed by atoms with Crippen LogP contribution in [-0.4, -0.2) is 30.4 Å². The minimum absolute atomic E-state index is 0.0695. The van der Waals surface area contributed by atoms with Crippen molar-refractivity contribution in [3.63, 3.8) is 0 Å². The molecule has 0 atom stereocenters. The molecule has 4 rings (SSSR count). The Morgan fingerprint density at radius 3 is 2.69 bits per heavy atom. The number of hydrogen-bond donors (Lipinski definition) is 0. The van der Waals surface area contributed by atoms with Gasteiger partial charge in [-0.3, -0.25) is 14.5 Å². The summed E-state index contributed by atoms with van der Waals surface area (Å²) in [6.45, 7) is 1.68. The molecule has 7 heteroatoms. The molecule has 2 heterocycles. The molecule has 1 amide bonds. The zero-order valence-electron chi connectivity index (χ0n) is 15.9. The van der Waals surface area contributed by atoms with Crippen LogP contribution in [0.3, 0.4) is 0 Å². The van der Waals surface area contributed by atoms with Crippen LogP contribution in [0.5, 0.6) is 11.5 Å². The smallest absolute Gasteiger partial charge is 0.230 e. The fourth-order valence-corrected chi connectivity index (χ4v) is 3.91. The lowest BCUT2D eigenvalue weighted by Crippen LogP contribution is -2.22. The van der Waals surface area contributed by atoms with Gasteiger partial charge in [0.25, 0.3) is 0 Å². The van der Waals surface area contributed by atoms with E-state index in [1.807, 2.05) is 17.5 Å². The van der Waals surface area contributed by atoms with E-state index in [0.717, 1.165) is 0 Å². The van der Waals surface area contributed by atoms with Gasteiger partial charge in [-0.05, 0) is 42.5 Å². The average Bonchev–Trinajstić information content (AvgIpc) is 3.18. The van der Waals surface area contributed by atoms with Crippen molar-refractivity contribution in [3.8, 4) is 11.5 Å². The molecule has 1 aliphatic heterocycles. The molecule has 0 unspecified atom stereocenters. The van der Waals surface area contributed by atoms with Crippen molar-refractivity contribution < 1.29 is 19.1 Å². The first-order chi connectivity index (χ1) is 14.1. The van der Waals surface area contributed by atoms with E-state index in [2.05, 4.69) is 4.98 Å². The van der Waals surface area contributed by atoms with E-state index < -0.39 is 0 Å². The summed E-state index contributed by atoms with van der Waals surface area (Å²) in [5.74, 6) is 1.07. The van der Waals surface area contributed by atoms with Crippen LogP contribution in [0.4, 0.5) is 10.8 Å². The number of para-hydroxylation sites is 1. The quantitative estimate of drug-likeness (QED) is 0.597. The van der Waals surface area contributed by atoms with Crippen LogP contribution in [0.15, 0.2) is 59.5 Å². The topological polar surface area (TPSA) is 68.7 Å². The summed E-state index contributed by atoms with van der Waals surface area (Å²) in [5, 5.41) is 2.34. The van der Waals surface area contributed by atoms with E-state index in [0.29, 0.717) is 39.1 Å². The largest absolute Gasteiger partial charge is 0.497 e. The summed E-state index contributed by atoms with van der Waals surface area (Å²) in [4.78, 5) is 31.0. The molecular formula is C22H18N2O4S. The van der Waals surface area contributed by atoms with Crippen LogP contribution in [0.25, 0.3) is 6.08 Å². The molecule has 146 valence electrons. The van der Waals surface area contributed by atoms with Gasteiger partial charge in [-0.15, -0.1) is 11.3 Å². The van der Waals surface area contributed by atoms with E-state index in [4.69, 9.17) is 9.47 Å². The van der Waals surface area contributed by atoms with Crippen LogP contribution in [0.1, 0.15) is 23.0 Å². The molecule has 0 radical (unpaired) electrons. The summed E-state index contributed by atoms with van der Waals surface area (Å²) >= 11 is 1.33. The summed E-state index contributed by atoms with van der Waals surface area (Å²) in [6.07, 6.45) is 1.71. The first-order valence-electron chi connectivity index (χ1n) is 8.94. The van der Waals surface area contributed by atoms with Crippen molar-refractivity contribution in [1.29, 1.82) is 0 Å². The molecular weight excluding hydrogens is 388 g/mol. The lowest BCUT2D eigenvalue weighted by atomic mass is 10.00. The number of ketones is 1. The molecule has 0 N–H and O–H groups in total. The summed E-state index contributed by atoms with van der Waals surface area (Å²) < 4.78 is 10.8. The van der Waals surface area contributed by atoms with Crippen LogP contribution in [0.2, 0.25) is 0 Å². The molecule has 1 aromatic heterocycles. The van der Waals surface area contributed by atoms with E-state index in [1.165, 1.54) is 23.2 Å². The molecule has 0 bridgehead atoms. The molecule has 0 fully saturated rings. The lowest BCUT2D eigenvalue weighted by Gasteiger charge is -2.18. The number of hydrogen-bond acceptors (Lipinski definition) is 6. The van der Waals surface area contributed by atoms with Gasteiger partial charge in [0.15, 0.2) is 10.9 Å². The third kappa shape index (κ3) is 3.77. The highest BCUT2D eigenvalue weighted by atomic mass is 32.1. The highest BCUT2D eigenvalue weighted by molar-refractivity contribution is 7.14. The van der Waals surface area contributed by atoms with Gasteiger partial charge in [-0.25, -0.2) is 4.98 Å². The van der Waals surface area contributed by atoms with E-state index in [1.54, 1.807) is 49.6 Å². The van der Waals surface area contributed by atoms with Crippen molar-refractivity contribution in [2.75, 3.05) is 18.6 Å². The average molecular weight is 406 g/mol. The Morgan fingerprint density at radius 2 is 1.97 bits per heavy atom. The maximum atomic E-state index is 12.7. The van der Waals surface area contributed by atoms with Crippen LogP contribution < -0.4 is 14.4 Å². The molecule has 1 aliphatic rings. The van der Waals surface area contributed by atoms with Crippen molar-refractivity contribution in [2.24, 2.45) is 0 Å². The summed E-state index contributed by atoms with van der Waals surface area (Å²) in [7, 11) is 1.59. The minimum Gasteiger partial charge on any atom is -0.497 e. The number of benzene rings is 2. The van der Waals surface area contributed by atoms with Crippen molar-refractivity contribution in [3.05, 3.63) is 70.7 Å². The maximum absolute atomic E-state index is 12.7. The van der Waals surface area contributed by atoms with Gasteiger partial charge in [0.1, 0.15) is 18.1 Å². The summed E-state index contributed by atoms with van der Waals surface area (Å²) in [6, 6.07) is 14.4. The second-order valence-electron chi connectivity index (χ2n) is 6.39. The molecule has 6 nitrogen and oxygen atoms in total. The molecule has 0 aliphatic carbocycles. The number of Topliss-reactive ketones (excluding diaryl/α,β-unsaturated/α-hetero) is 1. The minimum atomic E-state index is -0.158. The number of fused-ring (bicyclic) bond motifs is 1. The Labute approximate surface area is 172 Å². The SMILES string of the molecule is COc1ccc(N(C(C)=O)c2nc(C=C3COc4ccccc4C3=O)cs2)cc1. The number of methoxy groups -OCH3 is 1. The van der Waals surface area contributed by atoms with Crippen LogP contribution in [0, 0.1) is 0 Å². The second-order valence-corrected chi connectivity index (χ2v) is 7.23. The Balaban J connectivity index is 1.62. The number of carbonyl (C=O) groups excluding carboxylic acids is 2.